The maximum absolute atomic E-state index is 13.7. The van der Waals surface area contributed by atoms with Crippen LogP contribution in [0, 0.1) is 15.9 Å². The maximum Gasteiger partial charge on any atom is 0.313 e. The normalized spacial score (nSPS) is 10.3. The lowest BCUT2D eigenvalue weighted by Gasteiger charge is -2.09. The summed E-state index contributed by atoms with van der Waals surface area (Å²) in [4.78, 5) is 10.0. The first kappa shape index (κ1) is 15.2. The molecule has 1 rings (SSSR count). The first-order valence-corrected chi connectivity index (χ1v) is 5.85. The van der Waals surface area contributed by atoms with Crippen LogP contribution >= 0.6 is 0 Å². The molecule has 7 heteroatoms. The van der Waals surface area contributed by atoms with Gasteiger partial charge in [-0.25, -0.2) is 4.39 Å². The van der Waals surface area contributed by atoms with Gasteiger partial charge in [-0.15, -0.1) is 0 Å². The fourth-order valence-corrected chi connectivity index (χ4v) is 1.58. The van der Waals surface area contributed by atoms with E-state index in [0.29, 0.717) is 13.2 Å². The predicted octanol–water partition coefficient (Wildman–Crippen LogP) is 2.58. The molecule has 19 heavy (non-hydrogen) atoms. The fourth-order valence-electron chi connectivity index (χ4n) is 1.58. The molecule has 0 bridgehead atoms. The molecule has 1 N–H and O–H groups in total. The Kier molecular flexibility index (Phi) is 6.01. The van der Waals surface area contributed by atoms with Crippen LogP contribution in [0.15, 0.2) is 12.1 Å². The van der Waals surface area contributed by atoms with E-state index in [9.17, 15) is 14.5 Å². The zero-order chi connectivity index (χ0) is 14.3. The van der Waals surface area contributed by atoms with Gasteiger partial charge in [-0.3, -0.25) is 10.1 Å². The van der Waals surface area contributed by atoms with E-state index in [1.807, 2.05) is 0 Å². The van der Waals surface area contributed by atoms with Crippen molar-refractivity contribution in [3.8, 4) is 5.75 Å². The standard InChI is InChI=1S/C12H17FN2O4/c1-18-6-4-3-5-14-10-8-12(19-2)11(15(16)17)7-9(10)13/h7-8,14H,3-6H2,1-2H3. The number of nitrogens with one attached hydrogen (secondary N) is 1. The highest BCUT2D eigenvalue weighted by atomic mass is 19.1. The third kappa shape index (κ3) is 4.36. The van der Waals surface area contributed by atoms with Gasteiger partial charge in [0.1, 0.15) is 0 Å². The molecule has 0 aromatic heterocycles. The Labute approximate surface area is 110 Å². The lowest BCUT2D eigenvalue weighted by molar-refractivity contribution is -0.385. The number of nitro groups is 1. The van der Waals surface area contributed by atoms with Gasteiger partial charge in [-0.05, 0) is 12.8 Å². The molecule has 0 saturated heterocycles. The number of unbranched alkanes of at least 4 members (excludes halogenated alkanes) is 1. The highest BCUT2D eigenvalue weighted by molar-refractivity contribution is 5.59. The van der Waals surface area contributed by atoms with Crippen molar-refractivity contribution >= 4 is 11.4 Å². The summed E-state index contributed by atoms with van der Waals surface area (Å²) in [6.45, 7) is 1.20. The number of methoxy groups -OCH3 is 2. The molecule has 0 aliphatic heterocycles. The molecule has 0 spiro atoms. The lowest BCUT2D eigenvalue weighted by atomic mass is 10.2. The van der Waals surface area contributed by atoms with Crippen molar-refractivity contribution < 1.29 is 18.8 Å². The molecule has 1 aromatic rings. The van der Waals surface area contributed by atoms with E-state index in [4.69, 9.17) is 9.47 Å². The molecule has 0 fully saturated rings. The minimum absolute atomic E-state index is 0.0331. The second kappa shape index (κ2) is 7.52. The van der Waals surface area contributed by atoms with Crippen molar-refractivity contribution in [2.45, 2.75) is 12.8 Å². The molecule has 1 aromatic carbocycles. The topological polar surface area (TPSA) is 73.6 Å². The van der Waals surface area contributed by atoms with Gasteiger partial charge in [0.15, 0.2) is 11.6 Å². The van der Waals surface area contributed by atoms with Crippen LogP contribution in [0.1, 0.15) is 12.8 Å². The summed E-state index contributed by atoms with van der Waals surface area (Å²) in [6.07, 6.45) is 1.67. The smallest absolute Gasteiger partial charge is 0.313 e. The molecule has 0 aliphatic rings. The van der Waals surface area contributed by atoms with E-state index < -0.39 is 10.7 Å². The van der Waals surface area contributed by atoms with Gasteiger partial charge in [0, 0.05) is 26.3 Å². The Hall–Kier alpha value is -1.89. The summed E-state index contributed by atoms with van der Waals surface area (Å²) in [5.41, 5.74) is -0.190. The number of nitro benzene ring substituents is 1. The molecular formula is C12H17FN2O4. The summed E-state index contributed by atoms with van der Waals surface area (Å²) >= 11 is 0. The zero-order valence-electron chi connectivity index (χ0n) is 10.9. The molecular weight excluding hydrogens is 255 g/mol. The fraction of sp³-hybridized carbons (Fsp3) is 0.500. The Morgan fingerprint density at radius 1 is 1.37 bits per heavy atom. The third-order valence-electron chi connectivity index (χ3n) is 2.56. The zero-order valence-corrected chi connectivity index (χ0v) is 10.9. The number of hydrogen-bond acceptors (Lipinski definition) is 5. The first-order valence-electron chi connectivity index (χ1n) is 5.85. The van der Waals surface area contributed by atoms with E-state index >= 15 is 0 Å². The minimum Gasteiger partial charge on any atom is -0.490 e. The number of rotatable bonds is 8. The molecule has 6 nitrogen and oxygen atoms in total. The quantitative estimate of drug-likeness (QED) is 0.447. The molecule has 0 atom stereocenters. The monoisotopic (exact) mass is 272 g/mol. The summed E-state index contributed by atoms with van der Waals surface area (Å²) in [5.74, 6) is -0.634. The van der Waals surface area contributed by atoms with Crippen molar-refractivity contribution in [3.05, 3.63) is 28.1 Å². The van der Waals surface area contributed by atoms with Gasteiger partial charge in [0.25, 0.3) is 0 Å². The van der Waals surface area contributed by atoms with Crippen LogP contribution in [0.5, 0.6) is 5.75 Å². The van der Waals surface area contributed by atoms with Crippen LogP contribution in [0.2, 0.25) is 0 Å². The van der Waals surface area contributed by atoms with E-state index in [1.54, 1.807) is 7.11 Å². The van der Waals surface area contributed by atoms with Gasteiger partial charge in [-0.2, -0.15) is 0 Å². The number of nitrogens with zero attached hydrogens (tertiary/aromatic N) is 1. The summed E-state index contributed by atoms with van der Waals surface area (Å²) in [6, 6.07) is 2.15. The highest BCUT2D eigenvalue weighted by Crippen LogP contribution is 2.32. The van der Waals surface area contributed by atoms with E-state index in [-0.39, 0.29) is 17.1 Å². The Bertz CT molecular complexity index is 440. The van der Waals surface area contributed by atoms with Gasteiger partial charge >= 0.3 is 5.69 Å². The van der Waals surface area contributed by atoms with Crippen LogP contribution in [0.3, 0.4) is 0 Å². The van der Waals surface area contributed by atoms with Crippen LogP contribution in [0.25, 0.3) is 0 Å². The lowest BCUT2D eigenvalue weighted by Crippen LogP contribution is -2.06. The van der Waals surface area contributed by atoms with Crippen molar-refractivity contribution in [3.63, 3.8) is 0 Å². The molecule has 0 radical (unpaired) electrons. The van der Waals surface area contributed by atoms with Crippen molar-refractivity contribution in [1.82, 2.24) is 0 Å². The highest BCUT2D eigenvalue weighted by Gasteiger charge is 2.18. The summed E-state index contributed by atoms with van der Waals surface area (Å²) in [7, 11) is 2.93. The number of benzene rings is 1. The number of halogens is 1. The largest absolute Gasteiger partial charge is 0.490 e. The number of anilines is 1. The minimum atomic E-state index is -0.676. The second-order valence-electron chi connectivity index (χ2n) is 3.89. The number of hydrogen-bond donors (Lipinski definition) is 1. The molecule has 0 unspecified atom stereocenters. The molecule has 0 amide bonds. The van der Waals surface area contributed by atoms with Gasteiger partial charge in [0.2, 0.25) is 0 Å². The van der Waals surface area contributed by atoms with Crippen LogP contribution in [0.4, 0.5) is 15.8 Å². The summed E-state index contributed by atoms with van der Waals surface area (Å²) in [5, 5.41) is 13.6. The van der Waals surface area contributed by atoms with E-state index in [0.717, 1.165) is 18.9 Å². The average molecular weight is 272 g/mol. The molecule has 0 aliphatic carbocycles. The maximum atomic E-state index is 13.7. The van der Waals surface area contributed by atoms with E-state index in [2.05, 4.69) is 5.32 Å². The van der Waals surface area contributed by atoms with Crippen LogP contribution in [-0.2, 0) is 4.74 Å². The van der Waals surface area contributed by atoms with Gasteiger partial charge in [-0.1, -0.05) is 0 Å². The second-order valence-corrected chi connectivity index (χ2v) is 3.89. The Morgan fingerprint density at radius 2 is 2.11 bits per heavy atom. The third-order valence-corrected chi connectivity index (χ3v) is 2.56. The van der Waals surface area contributed by atoms with E-state index in [1.165, 1.54) is 13.2 Å². The van der Waals surface area contributed by atoms with Gasteiger partial charge in [0.05, 0.1) is 23.8 Å². The molecule has 0 heterocycles. The van der Waals surface area contributed by atoms with Crippen molar-refractivity contribution in [1.29, 1.82) is 0 Å². The van der Waals surface area contributed by atoms with Crippen molar-refractivity contribution in [2.24, 2.45) is 0 Å². The SMILES string of the molecule is COCCCCNc1cc(OC)c([N+](=O)[O-])cc1F. The Morgan fingerprint density at radius 3 is 2.68 bits per heavy atom. The predicted molar refractivity (Wildman–Crippen MR) is 69.2 cm³/mol. The molecule has 0 saturated carbocycles. The van der Waals surface area contributed by atoms with Gasteiger partial charge < -0.3 is 14.8 Å². The van der Waals surface area contributed by atoms with Crippen LogP contribution < -0.4 is 10.1 Å². The van der Waals surface area contributed by atoms with Crippen LogP contribution in [-0.4, -0.2) is 32.3 Å². The van der Waals surface area contributed by atoms with Crippen molar-refractivity contribution in [2.75, 3.05) is 32.7 Å². The number of ether oxygens (including phenoxy) is 2. The average Bonchev–Trinajstić information content (AvgIpc) is 2.39. The Balaban J connectivity index is 2.71. The summed E-state index contributed by atoms with van der Waals surface area (Å²) < 4.78 is 23.4. The molecule has 106 valence electrons. The first-order chi connectivity index (χ1) is 9.10.